The Hall–Kier alpha value is -1.60. The van der Waals surface area contributed by atoms with Crippen molar-refractivity contribution in [2.45, 2.75) is 40.0 Å². The molecule has 0 bridgehead atoms. The van der Waals surface area contributed by atoms with E-state index in [1.165, 1.54) is 53.5 Å². The van der Waals surface area contributed by atoms with E-state index in [4.69, 9.17) is 0 Å². The highest BCUT2D eigenvalue weighted by Gasteiger charge is 2.21. The first-order valence-electron chi connectivity index (χ1n) is 8.17. The molecule has 0 heterocycles. The maximum Gasteiger partial charge on any atom is 0.0291 e. The van der Waals surface area contributed by atoms with Crippen LogP contribution in [-0.2, 0) is 5.41 Å². The molecule has 0 unspecified atom stereocenters. The summed E-state index contributed by atoms with van der Waals surface area (Å²) in [5, 5.41) is 8.23. The van der Waals surface area contributed by atoms with Crippen LogP contribution in [0, 0.1) is 13.8 Å². The second kappa shape index (κ2) is 4.70. The number of halogens is 1. The van der Waals surface area contributed by atoms with Gasteiger partial charge in [-0.2, -0.15) is 0 Å². The van der Waals surface area contributed by atoms with Crippen LogP contribution in [0.25, 0.3) is 32.3 Å². The first-order valence-corrected chi connectivity index (χ1v) is 8.96. The molecule has 0 aliphatic heterocycles. The summed E-state index contributed by atoms with van der Waals surface area (Å²) in [7, 11) is 0. The van der Waals surface area contributed by atoms with Crippen molar-refractivity contribution in [2.75, 3.05) is 0 Å². The lowest BCUT2D eigenvalue weighted by molar-refractivity contribution is 0.589. The smallest absolute Gasteiger partial charge is 0.0291 e. The fourth-order valence-electron chi connectivity index (χ4n) is 3.87. The van der Waals surface area contributed by atoms with Gasteiger partial charge >= 0.3 is 0 Å². The third-order valence-electron chi connectivity index (χ3n) is 5.06. The third kappa shape index (κ3) is 2.03. The molecule has 0 N–H and O–H groups in total. The SMILES string of the molecule is Cc1cc(C)c2ccc3c(Br)c(C(C)(C)C)cc4ccc1c2c43. The zero-order valence-corrected chi connectivity index (χ0v) is 15.9. The van der Waals surface area contributed by atoms with Gasteiger partial charge in [0.15, 0.2) is 0 Å². The van der Waals surface area contributed by atoms with Gasteiger partial charge < -0.3 is 0 Å². The highest BCUT2D eigenvalue weighted by Crippen LogP contribution is 2.43. The highest BCUT2D eigenvalue weighted by atomic mass is 79.9. The van der Waals surface area contributed by atoms with Crippen molar-refractivity contribution in [3.05, 3.63) is 57.6 Å². The molecule has 0 spiro atoms. The van der Waals surface area contributed by atoms with Gasteiger partial charge in [-0.1, -0.05) is 51.1 Å². The standard InChI is InChI=1S/C22H21Br/c1-12-10-13(2)16-8-9-17-19-14(6-7-15(12)20(16)19)11-18(21(17)23)22(3,4)5/h6-11H,1-5H3. The van der Waals surface area contributed by atoms with Crippen LogP contribution in [0.2, 0.25) is 0 Å². The number of hydrogen-bond donors (Lipinski definition) is 0. The second-order valence-corrected chi connectivity index (χ2v) is 8.54. The Labute approximate surface area is 146 Å². The van der Waals surface area contributed by atoms with E-state index >= 15 is 0 Å². The molecule has 0 aliphatic carbocycles. The lowest BCUT2D eigenvalue weighted by Gasteiger charge is -2.24. The Bertz CT molecular complexity index is 1040. The minimum atomic E-state index is 0.120. The van der Waals surface area contributed by atoms with Gasteiger partial charge in [0.2, 0.25) is 0 Å². The largest absolute Gasteiger partial charge is 0.0560 e. The van der Waals surface area contributed by atoms with Crippen LogP contribution >= 0.6 is 15.9 Å². The molecule has 0 aromatic heterocycles. The van der Waals surface area contributed by atoms with Gasteiger partial charge in [0.1, 0.15) is 0 Å². The monoisotopic (exact) mass is 364 g/mol. The second-order valence-electron chi connectivity index (χ2n) is 7.75. The lowest BCUT2D eigenvalue weighted by Crippen LogP contribution is -2.12. The molecule has 4 aromatic carbocycles. The predicted octanol–water partition coefficient (Wildman–Crippen LogP) is 7.26. The molecule has 4 rings (SSSR count). The van der Waals surface area contributed by atoms with Crippen molar-refractivity contribution in [3.8, 4) is 0 Å². The van der Waals surface area contributed by atoms with E-state index in [2.05, 4.69) is 86.9 Å². The Morgan fingerprint density at radius 2 is 1.30 bits per heavy atom. The quantitative estimate of drug-likeness (QED) is 0.288. The van der Waals surface area contributed by atoms with Crippen LogP contribution in [-0.4, -0.2) is 0 Å². The van der Waals surface area contributed by atoms with E-state index < -0.39 is 0 Å². The van der Waals surface area contributed by atoms with Gasteiger partial charge in [-0.15, -0.1) is 0 Å². The zero-order valence-electron chi connectivity index (χ0n) is 14.3. The molecular weight excluding hydrogens is 344 g/mol. The van der Waals surface area contributed by atoms with Gasteiger partial charge in [-0.25, -0.2) is 0 Å². The Morgan fingerprint density at radius 1 is 0.739 bits per heavy atom. The predicted molar refractivity (Wildman–Crippen MR) is 106 cm³/mol. The van der Waals surface area contributed by atoms with E-state index in [0.717, 1.165) is 0 Å². The van der Waals surface area contributed by atoms with E-state index in [-0.39, 0.29) is 5.41 Å². The maximum absolute atomic E-state index is 3.90. The minimum Gasteiger partial charge on any atom is -0.0560 e. The summed E-state index contributed by atoms with van der Waals surface area (Å²) in [5.74, 6) is 0. The average Bonchev–Trinajstić information content (AvgIpc) is 2.48. The van der Waals surface area contributed by atoms with Crippen molar-refractivity contribution in [2.24, 2.45) is 0 Å². The van der Waals surface area contributed by atoms with Crippen LogP contribution in [0.1, 0.15) is 37.5 Å². The Balaban J connectivity index is 2.32. The molecule has 0 fully saturated rings. The number of benzene rings is 4. The first kappa shape index (κ1) is 15.0. The molecule has 0 aliphatic rings. The van der Waals surface area contributed by atoms with Crippen molar-refractivity contribution in [1.29, 1.82) is 0 Å². The van der Waals surface area contributed by atoms with E-state index in [9.17, 15) is 0 Å². The molecule has 0 amide bonds. The van der Waals surface area contributed by atoms with Crippen LogP contribution in [0.15, 0.2) is 40.9 Å². The minimum absolute atomic E-state index is 0.120. The van der Waals surface area contributed by atoms with Gasteiger partial charge in [-0.3, -0.25) is 0 Å². The van der Waals surface area contributed by atoms with Crippen molar-refractivity contribution >= 4 is 48.2 Å². The van der Waals surface area contributed by atoms with Gasteiger partial charge in [0, 0.05) is 4.47 Å². The molecule has 1 heteroatoms. The van der Waals surface area contributed by atoms with Gasteiger partial charge in [0.25, 0.3) is 0 Å². The molecule has 0 atom stereocenters. The zero-order chi connectivity index (χ0) is 16.5. The fraction of sp³-hybridized carbons (Fsp3) is 0.273. The van der Waals surface area contributed by atoms with E-state index in [1.54, 1.807) is 0 Å². The summed E-state index contributed by atoms with van der Waals surface area (Å²) in [6.45, 7) is 11.3. The molecule has 0 radical (unpaired) electrons. The maximum atomic E-state index is 3.90. The normalized spacial score (nSPS) is 12.8. The molecule has 0 saturated carbocycles. The van der Waals surface area contributed by atoms with E-state index in [1.807, 2.05) is 0 Å². The van der Waals surface area contributed by atoms with Crippen LogP contribution in [0.5, 0.6) is 0 Å². The first-order chi connectivity index (χ1) is 10.8. The van der Waals surface area contributed by atoms with Crippen LogP contribution in [0.4, 0.5) is 0 Å². The number of aryl methyl sites for hydroxylation is 2. The van der Waals surface area contributed by atoms with Crippen LogP contribution < -0.4 is 0 Å². The van der Waals surface area contributed by atoms with Gasteiger partial charge in [-0.05, 0) is 90.3 Å². The summed E-state index contributed by atoms with van der Waals surface area (Å²) >= 11 is 3.90. The van der Waals surface area contributed by atoms with Crippen LogP contribution in [0.3, 0.4) is 0 Å². The number of hydrogen-bond acceptors (Lipinski definition) is 0. The topological polar surface area (TPSA) is 0 Å². The van der Waals surface area contributed by atoms with Crippen molar-refractivity contribution in [1.82, 2.24) is 0 Å². The lowest BCUT2D eigenvalue weighted by atomic mass is 9.82. The highest BCUT2D eigenvalue weighted by molar-refractivity contribution is 9.10. The summed E-state index contributed by atoms with van der Waals surface area (Å²) in [6.07, 6.45) is 0. The van der Waals surface area contributed by atoms with Crippen molar-refractivity contribution < 1.29 is 0 Å². The summed E-state index contributed by atoms with van der Waals surface area (Å²) < 4.78 is 1.24. The van der Waals surface area contributed by atoms with Crippen molar-refractivity contribution in [3.63, 3.8) is 0 Å². The van der Waals surface area contributed by atoms with E-state index in [0.29, 0.717) is 0 Å². The Morgan fingerprint density at radius 3 is 1.91 bits per heavy atom. The van der Waals surface area contributed by atoms with Gasteiger partial charge in [0.05, 0.1) is 0 Å². The fourth-order valence-corrected chi connectivity index (χ4v) is 4.91. The Kier molecular flexibility index (Phi) is 3.06. The molecular formula is C22H21Br. The number of rotatable bonds is 0. The third-order valence-corrected chi connectivity index (χ3v) is 5.91. The summed E-state index contributed by atoms with van der Waals surface area (Å²) in [4.78, 5) is 0. The molecule has 23 heavy (non-hydrogen) atoms. The molecule has 4 aromatic rings. The summed E-state index contributed by atoms with van der Waals surface area (Å²) in [5.41, 5.74) is 4.22. The average molecular weight is 365 g/mol. The summed E-state index contributed by atoms with van der Waals surface area (Å²) in [6, 6.07) is 13.8. The molecule has 0 nitrogen and oxygen atoms in total. The molecule has 116 valence electrons. The molecule has 0 saturated heterocycles.